The summed E-state index contributed by atoms with van der Waals surface area (Å²) in [4.78, 5) is 13.1. The number of aromatic nitrogens is 1. The van der Waals surface area contributed by atoms with Crippen LogP contribution in [0.5, 0.6) is 0 Å². The van der Waals surface area contributed by atoms with E-state index in [9.17, 15) is 18.4 Å². The van der Waals surface area contributed by atoms with E-state index < -0.39 is 9.84 Å². The molecule has 0 N–H and O–H groups in total. The van der Waals surface area contributed by atoms with Crippen LogP contribution in [0.1, 0.15) is 39.4 Å². The molecule has 0 radical (unpaired) electrons. The van der Waals surface area contributed by atoms with Gasteiger partial charge in [0.15, 0.2) is 28.0 Å². The topological polar surface area (TPSA) is 78.2 Å². The van der Waals surface area contributed by atoms with Crippen molar-refractivity contribution in [3.05, 3.63) is 99.5 Å². The van der Waals surface area contributed by atoms with Gasteiger partial charge < -0.3 is 5.21 Å². The largest absolute Gasteiger partial charge is 0.619 e. The van der Waals surface area contributed by atoms with Crippen molar-refractivity contribution in [3.8, 4) is 0 Å². The van der Waals surface area contributed by atoms with E-state index in [-0.39, 0.29) is 23.0 Å². The van der Waals surface area contributed by atoms with E-state index >= 15 is 0 Å². The Morgan fingerprint density at radius 1 is 1.14 bits per heavy atom. The Labute approximate surface area is 175 Å². The lowest BCUT2D eigenvalue weighted by Gasteiger charge is -2.20. The minimum Gasteiger partial charge on any atom is -0.619 e. The maximum atomic E-state index is 12.9. The van der Waals surface area contributed by atoms with E-state index in [0.29, 0.717) is 15.3 Å². The van der Waals surface area contributed by atoms with Crippen LogP contribution in [0.4, 0.5) is 0 Å². The van der Waals surface area contributed by atoms with E-state index in [2.05, 4.69) is 0 Å². The average Bonchev–Trinajstić information content (AvgIpc) is 2.66. The number of nitrogens with zero attached hydrogens (tertiary/aromatic N) is 1. The van der Waals surface area contributed by atoms with Crippen molar-refractivity contribution < 1.29 is 17.9 Å². The van der Waals surface area contributed by atoms with Crippen LogP contribution in [-0.4, -0.2) is 20.5 Å². The van der Waals surface area contributed by atoms with Crippen molar-refractivity contribution in [2.45, 2.75) is 24.2 Å². The van der Waals surface area contributed by atoms with Crippen LogP contribution in [-0.2, 0) is 9.84 Å². The number of ketones is 1. The number of rotatable bonds is 6. The summed E-state index contributed by atoms with van der Waals surface area (Å²) < 4.78 is 24.1. The molecule has 0 fully saturated rings. The second-order valence-electron chi connectivity index (χ2n) is 6.97. The Balaban J connectivity index is 2.03. The summed E-state index contributed by atoms with van der Waals surface area (Å²) in [6.07, 6.45) is 3.85. The number of pyridine rings is 1. The van der Waals surface area contributed by atoms with Crippen LogP contribution in [0.15, 0.2) is 71.9 Å². The molecule has 150 valence electrons. The normalized spacial score (nSPS) is 12.5. The monoisotopic (exact) mass is 429 g/mol. The molecule has 0 aliphatic rings. The lowest BCUT2D eigenvalue weighted by atomic mass is 9.84. The molecule has 0 amide bonds. The standard InChI is InChI=1S/C22H20ClNO4S/c1-15-12-18(23)7-10-20(15)21(13-22(25)17-4-3-11-24(26)14-17)16-5-8-19(9-6-16)29(2,27)28/h3-12,14,21H,13H2,1-2H3. The number of benzene rings is 2. The van der Waals surface area contributed by atoms with Gasteiger partial charge in [0.1, 0.15) is 0 Å². The minimum absolute atomic E-state index is 0.130. The fourth-order valence-electron chi connectivity index (χ4n) is 3.31. The summed E-state index contributed by atoms with van der Waals surface area (Å²) in [6.45, 7) is 1.91. The van der Waals surface area contributed by atoms with Gasteiger partial charge in [-0.2, -0.15) is 4.73 Å². The van der Waals surface area contributed by atoms with Gasteiger partial charge in [0.2, 0.25) is 0 Å². The Kier molecular flexibility index (Phi) is 6.05. The molecule has 0 saturated heterocycles. The van der Waals surface area contributed by atoms with Crippen LogP contribution in [0, 0.1) is 12.1 Å². The highest BCUT2D eigenvalue weighted by molar-refractivity contribution is 7.90. The number of aryl methyl sites for hydroxylation is 1. The molecular formula is C22H20ClNO4S. The first-order valence-electron chi connectivity index (χ1n) is 8.93. The predicted molar refractivity (Wildman–Crippen MR) is 112 cm³/mol. The molecule has 3 rings (SSSR count). The van der Waals surface area contributed by atoms with Gasteiger partial charge in [0, 0.05) is 29.7 Å². The molecule has 1 atom stereocenters. The van der Waals surface area contributed by atoms with E-state index in [1.165, 1.54) is 18.5 Å². The molecule has 1 aromatic heterocycles. The number of hydrogen-bond donors (Lipinski definition) is 0. The number of hydrogen-bond acceptors (Lipinski definition) is 4. The van der Waals surface area contributed by atoms with Crippen molar-refractivity contribution in [2.24, 2.45) is 0 Å². The van der Waals surface area contributed by atoms with Crippen LogP contribution in [0.2, 0.25) is 5.02 Å². The molecular weight excluding hydrogens is 410 g/mol. The zero-order valence-electron chi connectivity index (χ0n) is 16.0. The zero-order valence-corrected chi connectivity index (χ0v) is 17.6. The summed E-state index contributed by atoms with van der Waals surface area (Å²) in [5.74, 6) is -0.490. The van der Waals surface area contributed by atoms with Gasteiger partial charge in [-0.25, -0.2) is 8.42 Å². The number of sulfone groups is 1. The highest BCUT2D eigenvalue weighted by Gasteiger charge is 2.22. The fourth-order valence-corrected chi connectivity index (χ4v) is 4.16. The van der Waals surface area contributed by atoms with Crippen molar-refractivity contribution in [2.75, 3.05) is 6.26 Å². The highest BCUT2D eigenvalue weighted by Crippen LogP contribution is 2.33. The fraction of sp³-hybridized carbons (Fsp3) is 0.182. The van der Waals surface area contributed by atoms with E-state index in [1.807, 2.05) is 19.1 Å². The van der Waals surface area contributed by atoms with Crippen molar-refractivity contribution in [1.29, 1.82) is 0 Å². The lowest BCUT2D eigenvalue weighted by Crippen LogP contribution is -2.26. The van der Waals surface area contributed by atoms with Crippen LogP contribution >= 0.6 is 11.6 Å². The average molecular weight is 430 g/mol. The summed E-state index contributed by atoms with van der Waals surface area (Å²) in [5, 5.41) is 12.1. The van der Waals surface area contributed by atoms with Crippen molar-refractivity contribution in [3.63, 3.8) is 0 Å². The molecule has 29 heavy (non-hydrogen) atoms. The highest BCUT2D eigenvalue weighted by atomic mass is 35.5. The molecule has 2 aromatic carbocycles. The molecule has 5 nitrogen and oxygen atoms in total. The maximum Gasteiger partial charge on any atom is 0.191 e. The first-order chi connectivity index (χ1) is 13.6. The molecule has 0 aliphatic carbocycles. The van der Waals surface area contributed by atoms with Crippen molar-refractivity contribution >= 4 is 27.2 Å². The molecule has 0 aliphatic heterocycles. The van der Waals surface area contributed by atoms with Gasteiger partial charge in [-0.1, -0.05) is 29.8 Å². The Morgan fingerprint density at radius 3 is 2.41 bits per heavy atom. The van der Waals surface area contributed by atoms with E-state index in [0.717, 1.165) is 22.9 Å². The summed E-state index contributed by atoms with van der Waals surface area (Å²) in [6, 6.07) is 15.1. The van der Waals surface area contributed by atoms with Gasteiger partial charge >= 0.3 is 0 Å². The van der Waals surface area contributed by atoms with Gasteiger partial charge in [-0.3, -0.25) is 4.79 Å². The number of Topliss-reactive ketones (excluding diaryl/α,β-unsaturated/α-hetero) is 1. The second kappa shape index (κ2) is 8.35. The molecule has 0 spiro atoms. The molecule has 1 heterocycles. The van der Waals surface area contributed by atoms with Crippen LogP contribution in [0.3, 0.4) is 0 Å². The Bertz CT molecular complexity index is 1160. The van der Waals surface area contributed by atoms with Gasteiger partial charge in [0.05, 0.1) is 10.5 Å². The maximum absolute atomic E-state index is 12.9. The zero-order chi connectivity index (χ0) is 21.2. The van der Waals surface area contributed by atoms with E-state index in [1.54, 1.807) is 36.4 Å². The third-order valence-corrected chi connectivity index (χ3v) is 6.17. The van der Waals surface area contributed by atoms with Gasteiger partial charge in [-0.15, -0.1) is 0 Å². The summed E-state index contributed by atoms with van der Waals surface area (Å²) in [5.41, 5.74) is 2.98. The van der Waals surface area contributed by atoms with Gasteiger partial charge in [0.25, 0.3) is 0 Å². The minimum atomic E-state index is -3.32. The molecule has 7 heteroatoms. The van der Waals surface area contributed by atoms with Crippen LogP contribution in [0.25, 0.3) is 0 Å². The SMILES string of the molecule is Cc1cc(Cl)ccc1C(CC(=O)c1ccc[n+]([O-])c1)c1ccc(S(C)(=O)=O)cc1. The molecule has 0 bridgehead atoms. The lowest BCUT2D eigenvalue weighted by molar-refractivity contribution is -0.605. The molecule has 0 saturated carbocycles. The first kappa shape index (κ1) is 21.0. The summed E-state index contributed by atoms with van der Waals surface area (Å²) in [7, 11) is -3.32. The molecule has 3 aromatic rings. The second-order valence-corrected chi connectivity index (χ2v) is 9.43. The third-order valence-electron chi connectivity index (χ3n) is 4.80. The number of carbonyl (C=O) groups excluding carboxylic acids is 1. The first-order valence-corrected chi connectivity index (χ1v) is 11.2. The third kappa shape index (κ3) is 5.02. The number of carbonyl (C=O) groups is 1. The quantitative estimate of drug-likeness (QED) is 0.336. The Hall–Kier alpha value is -2.70. The summed E-state index contributed by atoms with van der Waals surface area (Å²) >= 11 is 6.09. The predicted octanol–water partition coefficient (Wildman–Crippen LogP) is 4.09. The van der Waals surface area contributed by atoms with E-state index in [4.69, 9.17) is 11.6 Å². The van der Waals surface area contributed by atoms with Gasteiger partial charge in [-0.05, 0) is 53.9 Å². The number of halogens is 1. The van der Waals surface area contributed by atoms with Crippen molar-refractivity contribution in [1.82, 2.24) is 0 Å². The molecule has 1 unspecified atom stereocenters. The van der Waals surface area contributed by atoms with Crippen LogP contribution < -0.4 is 4.73 Å². The Morgan fingerprint density at radius 2 is 1.83 bits per heavy atom. The smallest absolute Gasteiger partial charge is 0.191 e.